The zero-order chi connectivity index (χ0) is 19.8. The van der Waals surface area contributed by atoms with Gasteiger partial charge in [0.1, 0.15) is 11.4 Å². The molecular weight excluding hydrogens is 378 g/mol. The second-order valence-corrected chi connectivity index (χ2v) is 9.10. The van der Waals surface area contributed by atoms with E-state index in [1.165, 1.54) is 0 Å². The van der Waals surface area contributed by atoms with Crippen molar-refractivity contribution >= 4 is 10.0 Å². The van der Waals surface area contributed by atoms with Gasteiger partial charge in [0, 0.05) is 5.56 Å². The molecule has 28 heavy (non-hydrogen) atoms. The lowest BCUT2D eigenvalue weighted by Gasteiger charge is -2.32. The Balaban J connectivity index is 1.47. The molecule has 1 aliphatic heterocycles. The van der Waals surface area contributed by atoms with Gasteiger partial charge in [-0.1, -0.05) is 35.5 Å². The summed E-state index contributed by atoms with van der Waals surface area (Å²) in [6, 6.07) is 14.3. The average molecular weight is 399 g/mol. The van der Waals surface area contributed by atoms with Crippen LogP contribution in [0.4, 0.5) is 0 Å². The lowest BCUT2D eigenvalue weighted by atomic mass is 9.94. The molecule has 2 heterocycles. The fourth-order valence-electron chi connectivity index (χ4n) is 3.07. The number of hydrogen-bond donors (Lipinski definition) is 1. The Kier molecular flexibility index (Phi) is 4.68. The van der Waals surface area contributed by atoms with Crippen molar-refractivity contribution in [3.8, 4) is 17.1 Å². The summed E-state index contributed by atoms with van der Waals surface area (Å²) < 4.78 is 38.9. The SMILES string of the molecule is CC1(C)CCc2cc(S(=O)(=O)NCc3nc(-c4ccccc4)no3)ccc2O1. The monoisotopic (exact) mass is 399 g/mol. The third-order valence-corrected chi connectivity index (χ3v) is 6.04. The van der Waals surface area contributed by atoms with Crippen molar-refractivity contribution in [3.63, 3.8) is 0 Å². The molecule has 1 aromatic heterocycles. The maximum Gasteiger partial charge on any atom is 0.242 e. The number of nitrogens with zero attached hydrogens (tertiary/aromatic N) is 2. The predicted molar refractivity (Wildman–Crippen MR) is 103 cm³/mol. The summed E-state index contributed by atoms with van der Waals surface area (Å²) in [5.74, 6) is 1.36. The van der Waals surface area contributed by atoms with E-state index in [4.69, 9.17) is 9.26 Å². The highest BCUT2D eigenvalue weighted by Crippen LogP contribution is 2.34. The molecule has 0 saturated heterocycles. The number of sulfonamides is 1. The normalized spacial score (nSPS) is 15.6. The van der Waals surface area contributed by atoms with E-state index >= 15 is 0 Å². The van der Waals surface area contributed by atoms with Gasteiger partial charge in [-0.05, 0) is 50.5 Å². The number of aryl methyl sites for hydroxylation is 1. The zero-order valence-corrected chi connectivity index (χ0v) is 16.5. The zero-order valence-electron chi connectivity index (χ0n) is 15.7. The van der Waals surface area contributed by atoms with Gasteiger partial charge in [-0.25, -0.2) is 13.1 Å². The first-order valence-corrected chi connectivity index (χ1v) is 10.5. The van der Waals surface area contributed by atoms with E-state index in [0.29, 0.717) is 5.82 Å². The van der Waals surface area contributed by atoms with Crippen LogP contribution in [0.5, 0.6) is 5.75 Å². The minimum Gasteiger partial charge on any atom is -0.488 e. The standard InChI is InChI=1S/C20H21N3O4S/c1-20(2)11-10-15-12-16(8-9-17(15)26-20)28(24,25)21-13-18-22-19(23-27-18)14-6-4-3-5-7-14/h3-9,12,21H,10-11,13H2,1-2H3. The molecule has 2 aromatic carbocycles. The summed E-state index contributed by atoms with van der Waals surface area (Å²) in [6.45, 7) is 3.97. The Morgan fingerprint density at radius 3 is 2.71 bits per heavy atom. The van der Waals surface area contributed by atoms with Crippen LogP contribution in [-0.2, 0) is 23.0 Å². The first-order chi connectivity index (χ1) is 13.3. The van der Waals surface area contributed by atoms with E-state index in [1.54, 1.807) is 18.2 Å². The maximum atomic E-state index is 12.7. The minimum absolute atomic E-state index is 0.0806. The quantitative estimate of drug-likeness (QED) is 0.707. The van der Waals surface area contributed by atoms with Crippen molar-refractivity contribution in [1.82, 2.24) is 14.9 Å². The Morgan fingerprint density at radius 1 is 1.14 bits per heavy atom. The summed E-state index contributed by atoms with van der Waals surface area (Å²) in [4.78, 5) is 4.43. The minimum atomic E-state index is -3.71. The molecule has 3 aromatic rings. The van der Waals surface area contributed by atoms with Gasteiger partial charge in [-0.15, -0.1) is 0 Å². The van der Waals surface area contributed by atoms with Crippen molar-refractivity contribution in [3.05, 3.63) is 60.0 Å². The summed E-state index contributed by atoms with van der Waals surface area (Å²) in [5, 5.41) is 3.89. The summed E-state index contributed by atoms with van der Waals surface area (Å²) in [7, 11) is -3.71. The fourth-order valence-corrected chi connectivity index (χ4v) is 4.10. The van der Waals surface area contributed by atoms with Gasteiger partial charge in [-0.2, -0.15) is 4.98 Å². The Hall–Kier alpha value is -2.71. The van der Waals surface area contributed by atoms with Crippen LogP contribution in [0.15, 0.2) is 57.9 Å². The van der Waals surface area contributed by atoms with Crippen molar-refractivity contribution in [2.75, 3.05) is 0 Å². The van der Waals surface area contributed by atoms with E-state index < -0.39 is 10.0 Å². The highest BCUT2D eigenvalue weighted by Gasteiger charge is 2.28. The van der Waals surface area contributed by atoms with Crippen molar-refractivity contribution < 1.29 is 17.7 Å². The van der Waals surface area contributed by atoms with E-state index in [-0.39, 0.29) is 22.9 Å². The molecule has 1 aliphatic rings. The van der Waals surface area contributed by atoms with Crippen molar-refractivity contribution in [1.29, 1.82) is 0 Å². The second kappa shape index (κ2) is 7.03. The van der Waals surface area contributed by atoms with Crippen LogP contribution < -0.4 is 9.46 Å². The van der Waals surface area contributed by atoms with Crippen LogP contribution in [0.3, 0.4) is 0 Å². The van der Waals surface area contributed by atoms with E-state index in [0.717, 1.165) is 29.7 Å². The van der Waals surface area contributed by atoms with Gasteiger partial charge in [0.15, 0.2) is 0 Å². The molecular formula is C20H21N3O4S. The van der Waals surface area contributed by atoms with Crippen LogP contribution in [0.1, 0.15) is 31.7 Å². The van der Waals surface area contributed by atoms with Crippen LogP contribution >= 0.6 is 0 Å². The van der Waals surface area contributed by atoms with E-state index in [1.807, 2.05) is 44.2 Å². The third-order valence-electron chi connectivity index (χ3n) is 4.64. The average Bonchev–Trinajstić information content (AvgIpc) is 3.15. The fraction of sp³-hybridized carbons (Fsp3) is 0.300. The molecule has 4 rings (SSSR count). The number of hydrogen-bond acceptors (Lipinski definition) is 6. The molecule has 0 bridgehead atoms. The van der Waals surface area contributed by atoms with Gasteiger partial charge in [-0.3, -0.25) is 0 Å². The van der Waals surface area contributed by atoms with Crippen molar-refractivity contribution in [2.24, 2.45) is 0 Å². The van der Waals surface area contributed by atoms with Gasteiger partial charge >= 0.3 is 0 Å². The Morgan fingerprint density at radius 2 is 1.93 bits per heavy atom. The highest BCUT2D eigenvalue weighted by atomic mass is 32.2. The molecule has 0 aliphatic carbocycles. The molecule has 0 spiro atoms. The number of nitrogens with one attached hydrogen (secondary N) is 1. The number of ether oxygens (including phenoxy) is 1. The molecule has 8 heteroatoms. The predicted octanol–water partition coefficient (Wildman–Crippen LogP) is 3.32. The van der Waals surface area contributed by atoms with E-state index in [2.05, 4.69) is 14.9 Å². The topological polar surface area (TPSA) is 94.3 Å². The second-order valence-electron chi connectivity index (χ2n) is 7.33. The summed E-state index contributed by atoms with van der Waals surface area (Å²) in [5.41, 5.74) is 1.46. The first-order valence-electron chi connectivity index (χ1n) is 9.02. The number of rotatable bonds is 5. The van der Waals surface area contributed by atoms with Gasteiger partial charge in [0.05, 0.1) is 11.4 Å². The highest BCUT2D eigenvalue weighted by molar-refractivity contribution is 7.89. The van der Waals surface area contributed by atoms with Crippen LogP contribution in [0.2, 0.25) is 0 Å². The molecule has 0 fully saturated rings. The van der Waals surface area contributed by atoms with Crippen LogP contribution in [-0.4, -0.2) is 24.2 Å². The van der Waals surface area contributed by atoms with Crippen molar-refractivity contribution in [2.45, 2.75) is 43.7 Å². The molecule has 0 atom stereocenters. The molecule has 1 N–H and O–H groups in total. The number of benzene rings is 2. The van der Waals surface area contributed by atoms with Crippen LogP contribution in [0, 0.1) is 0 Å². The van der Waals surface area contributed by atoms with Gasteiger partial charge in [0.2, 0.25) is 21.7 Å². The Labute approximate surface area is 163 Å². The maximum absolute atomic E-state index is 12.7. The molecule has 0 saturated carbocycles. The molecule has 7 nitrogen and oxygen atoms in total. The molecule has 146 valence electrons. The van der Waals surface area contributed by atoms with Gasteiger partial charge < -0.3 is 9.26 Å². The number of fused-ring (bicyclic) bond motifs is 1. The first kappa shape index (κ1) is 18.6. The summed E-state index contributed by atoms with van der Waals surface area (Å²) in [6.07, 6.45) is 1.61. The third kappa shape index (κ3) is 3.93. The molecule has 0 radical (unpaired) electrons. The van der Waals surface area contributed by atoms with E-state index in [9.17, 15) is 8.42 Å². The lowest BCUT2D eigenvalue weighted by Crippen LogP contribution is -2.32. The number of aromatic nitrogens is 2. The molecule has 0 amide bonds. The van der Waals surface area contributed by atoms with Crippen LogP contribution in [0.25, 0.3) is 11.4 Å². The lowest BCUT2D eigenvalue weighted by molar-refractivity contribution is 0.0845. The Bertz CT molecular complexity index is 1090. The smallest absolute Gasteiger partial charge is 0.242 e. The van der Waals surface area contributed by atoms with Gasteiger partial charge in [0.25, 0.3) is 0 Å². The molecule has 0 unspecified atom stereocenters. The summed E-state index contributed by atoms with van der Waals surface area (Å²) >= 11 is 0. The largest absolute Gasteiger partial charge is 0.488 e.